The molecule has 0 heterocycles. The van der Waals surface area contributed by atoms with Gasteiger partial charge in [-0.15, -0.1) is 13.2 Å². The number of ether oxygens (including phenoxy) is 1. The molecular formula is C20H25F3N2O2. The third kappa shape index (κ3) is 9.10. The van der Waals surface area contributed by atoms with Crippen molar-refractivity contribution in [1.29, 1.82) is 0 Å². The van der Waals surface area contributed by atoms with E-state index in [0.717, 1.165) is 23.6 Å². The largest absolute Gasteiger partial charge is 0.573 e. The van der Waals surface area contributed by atoms with Gasteiger partial charge in [0.1, 0.15) is 5.75 Å². The Hall–Kier alpha value is -2.54. The predicted octanol–water partition coefficient (Wildman–Crippen LogP) is 5.35. The average Bonchev–Trinajstić information content (AvgIpc) is 2.61. The Bertz CT molecular complexity index is 714. The maximum absolute atomic E-state index is 12.0. The summed E-state index contributed by atoms with van der Waals surface area (Å²) < 4.78 is 39.9. The number of nitrogens with two attached hydrogens (primary N) is 1. The van der Waals surface area contributed by atoms with Gasteiger partial charge < -0.3 is 15.8 Å². The van der Waals surface area contributed by atoms with Crippen molar-refractivity contribution in [3.8, 4) is 5.75 Å². The third-order valence-corrected chi connectivity index (χ3v) is 3.59. The molecule has 0 radical (unpaired) electrons. The van der Waals surface area contributed by atoms with Gasteiger partial charge in [0.15, 0.2) is 0 Å². The summed E-state index contributed by atoms with van der Waals surface area (Å²) in [5, 5.41) is 2.64. The van der Waals surface area contributed by atoms with Crippen LogP contribution in [0, 0.1) is 5.92 Å². The van der Waals surface area contributed by atoms with Gasteiger partial charge in [-0.3, -0.25) is 4.79 Å². The van der Waals surface area contributed by atoms with E-state index in [4.69, 9.17) is 5.73 Å². The van der Waals surface area contributed by atoms with Gasteiger partial charge in [0, 0.05) is 17.8 Å². The number of halogens is 3. The minimum atomic E-state index is -4.76. The van der Waals surface area contributed by atoms with Crippen molar-refractivity contribution in [2.24, 2.45) is 11.7 Å². The lowest BCUT2D eigenvalue weighted by atomic mass is 10.1. The molecule has 0 saturated heterocycles. The van der Waals surface area contributed by atoms with E-state index in [2.05, 4.69) is 30.8 Å². The van der Waals surface area contributed by atoms with Crippen LogP contribution in [0.4, 0.5) is 18.9 Å². The molecule has 0 bridgehead atoms. The Morgan fingerprint density at radius 3 is 2.22 bits per heavy atom. The van der Waals surface area contributed by atoms with Crippen LogP contribution in [0.1, 0.15) is 43.1 Å². The standard InChI is InChI=1S/C15H13F3N2O2.C5H12/c16-15(17,18)22-13-6-4-11(5-7-13)14(21)20-12-3-1-2-10(8-12)9-19;1-4-5(2)3/h1-8H,9,19H2,(H,20,21);5H,4H2,1-3H3. The fourth-order valence-corrected chi connectivity index (χ4v) is 1.79. The number of benzene rings is 2. The number of rotatable bonds is 5. The van der Waals surface area contributed by atoms with Crippen LogP contribution in [-0.2, 0) is 6.54 Å². The second-order valence-corrected chi connectivity index (χ2v) is 6.23. The van der Waals surface area contributed by atoms with Crippen molar-refractivity contribution in [3.63, 3.8) is 0 Å². The number of carbonyl (C=O) groups is 1. The first-order valence-electron chi connectivity index (χ1n) is 8.60. The van der Waals surface area contributed by atoms with E-state index in [1.807, 2.05) is 6.07 Å². The van der Waals surface area contributed by atoms with Crippen LogP contribution in [0.2, 0.25) is 0 Å². The molecule has 0 spiro atoms. The van der Waals surface area contributed by atoms with Gasteiger partial charge in [0.05, 0.1) is 0 Å². The molecule has 1 amide bonds. The zero-order valence-electron chi connectivity index (χ0n) is 15.6. The minimum Gasteiger partial charge on any atom is -0.406 e. The van der Waals surface area contributed by atoms with Gasteiger partial charge in [0.25, 0.3) is 5.91 Å². The highest BCUT2D eigenvalue weighted by Crippen LogP contribution is 2.23. The summed E-state index contributed by atoms with van der Waals surface area (Å²) in [5.41, 5.74) is 7.14. The lowest BCUT2D eigenvalue weighted by Gasteiger charge is -2.10. The highest BCUT2D eigenvalue weighted by molar-refractivity contribution is 6.04. The molecule has 0 aliphatic carbocycles. The quantitative estimate of drug-likeness (QED) is 0.733. The first kappa shape index (κ1) is 22.5. The van der Waals surface area contributed by atoms with Crippen LogP contribution in [0.15, 0.2) is 48.5 Å². The Balaban J connectivity index is 0.000000646. The van der Waals surface area contributed by atoms with E-state index in [1.165, 1.54) is 18.6 Å². The summed E-state index contributed by atoms with van der Waals surface area (Å²) in [6.45, 7) is 6.98. The van der Waals surface area contributed by atoms with E-state index < -0.39 is 12.3 Å². The molecule has 3 N–H and O–H groups in total. The minimum absolute atomic E-state index is 0.215. The zero-order valence-corrected chi connectivity index (χ0v) is 15.6. The molecule has 0 unspecified atom stereocenters. The topological polar surface area (TPSA) is 64.3 Å². The maximum atomic E-state index is 12.0. The maximum Gasteiger partial charge on any atom is 0.573 e. The van der Waals surface area contributed by atoms with Gasteiger partial charge >= 0.3 is 6.36 Å². The Morgan fingerprint density at radius 2 is 1.74 bits per heavy atom. The van der Waals surface area contributed by atoms with Gasteiger partial charge in [0.2, 0.25) is 0 Å². The van der Waals surface area contributed by atoms with E-state index in [9.17, 15) is 18.0 Å². The van der Waals surface area contributed by atoms with Crippen LogP contribution in [0.5, 0.6) is 5.75 Å². The number of alkyl halides is 3. The van der Waals surface area contributed by atoms with Crippen molar-refractivity contribution in [2.45, 2.75) is 40.1 Å². The van der Waals surface area contributed by atoms with Gasteiger partial charge in [-0.1, -0.05) is 39.3 Å². The zero-order chi connectivity index (χ0) is 20.4. The highest BCUT2D eigenvalue weighted by atomic mass is 19.4. The SMILES string of the molecule is CCC(C)C.NCc1cccc(NC(=O)c2ccc(OC(F)(F)F)cc2)c1. The van der Waals surface area contributed by atoms with Gasteiger partial charge in [-0.05, 0) is 47.9 Å². The Labute approximate surface area is 157 Å². The average molecular weight is 382 g/mol. The van der Waals surface area contributed by atoms with E-state index >= 15 is 0 Å². The second-order valence-electron chi connectivity index (χ2n) is 6.23. The van der Waals surface area contributed by atoms with Crippen molar-refractivity contribution in [1.82, 2.24) is 0 Å². The summed E-state index contributed by atoms with van der Waals surface area (Å²) >= 11 is 0. The summed E-state index contributed by atoms with van der Waals surface area (Å²) in [4.78, 5) is 12.0. The van der Waals surface area contributed by atoms with Gasteiger partial charge in [-0.25, -0.2) is 0 Å². The summed E-state index contributed by atoms with van der Waals surface area (Å²) in [6.07, 6.45) is -3.45. The number of hydrogen-bond acceptors (Lipinski definition) is 3. The molecule has 2 aromatic carbocycles. The molecule has 0 saturated carbocycles. The monoisotopic (exact) mass is 382 g/mol. The van der Waals surface area contributed by atoms with Crippen LogP contribution in [0.25, 0.3) is 0 Å². The van der Waals surface area contributed by atoms with Crippen LogP contribution < -0.4 is 15.8 Å². The van der Waals surface area contributed by atoms with E-state index in [0.29, 0.717) is 12.2 Å². The molecule has 2 aromatic rings. The molecular weight excluding hydrogens is 357 g/mol. The normalized spacial score (nSPS) is 10.8. The van der Waals surface area contributed by atoms with Gasteiger partial charge in [-0.2, -0.15) is 0 Å². The van der Waals surface area contributed by atoms with Crippen LogP contribution in [0.3, 0.4) is 0 Å². The Kier molecular flexibility index (Phi) is 8.81. The number of carbonyl (C=O) groups excluding carboxylic acids is 1. The summed E-state index contributed by atoms with van der Waals surface area (Å²) in [6, 6.07) is 11.7. The molecule has 27 heavy (non-hydrogen) atoms. The predicted molar refractivity (Wildman–Crippen MR) is 101 cm³/mol. The number of amides is 1. The van der Waals surface area contributed by atoms with E-state index in [1.54, 1.807) is 18.2 Å². The second kappa shape index (κ2) is 10.6. The van der Waals surface area contributed by atoms with Crippen molar-refractivity contribution in [2.75, 3.05) is 5.32 Å². The molecule has 7 heteroatoms. The fraction of sp³-hybridized carbons (Fsp3) is 0.350. The molecule has 0 fully saturated rings. The molecule has 0 aliphatic heterocycles. The lowest BCUT2D eigenvalue weighted by Crippen LogP contribution is -2.17. The molecule has 0 atom stereocenters. The summed E-state index contributed by atoms with van der Waals surface area (Å²) in [7, 11) is 0. The lowest BCUT2D eigenvalue weighted by molar-refractivity contribution is -0.274. The Morgan fingerprint density at radius 1 is 1.15 bits per heavy atom. The molecule has 4 nitrogen and oxygen atoms in total. The van der Waals surface area contributed by atoms with Crippen molar-refractivity contribution in [3.05, 3.63) is 59.7 Å². The smallest absolute Gasteiger partial charge is 0.406 e. The number of hydrogen-bond donors (Lipinski definition) is 2. The van der Waals surface area contributed by atoms with E-state index in [-0.39, 0.29) is 11.3 Å². The summed E-state index contributed by atoms with van der Waals surface area (Å²) in [5.74, 6) is 0.0666. The number of anilines is 1. The first-order chi connectivity index (χ1) is 12.6. The third-order valence-electron chi connectivity index (χ3n) is 3.59. The van der Waals surface area contributed by atoms with Crippen LogP contribution >= 0.6 is 0 Å². The van der Waals surface area contributed by atoms with Crippen molar-refractivity contribution >= 4 is 11.6 Å². The molecule has 148 valence electrons. The first-order valence-corrected chi connectivity index (χ1v) is 8.60. The number of nitrogens with one attached hydrogen (secondary N) is 1. The fourth-order valence-electron chi connectivity index (χ4n) is 1.79. The van der Waals surface area contributed by atoms with Crippen molar-refractivity contribution < 1.29 is 22.7 Å². The highest BCUT2D eigenvalue weighted by Gasteiger charge is 2.31. The molecule has 2 rings (SSSR count). The molecule has 0 aliphatic rings. The van der Waals surface area contributed by atoms with Crippen LogP contribution in [-0.4, -0.2) is 12.3 Å². The molecule has 0 aromatic heterocycles.